The number of anilines is 3. The molecule has 0 spiro atoms. The van der Waals surface area contributed by atoms with Gasteiger partial charge < -0.3 is 10.6 Å². The van der Waals surface area contributed by atoms with E-state index in [9.17, 15) is 4.79 Å². The monoisotopic (exact) mass is 353 g/mol. The molecular weight excluding hydrogens is 334 g/mol. The van der Waals surface area contributed by atoms with E-state index in [2.05, 4.69) is 25.6 Å². The number of hydrogen-bond donors (Lipinski definition) is 2. The molecule has 2 aromatic heterocycles. The number of amides is 1. The van der Waals surface area contributed by atoms with E-state index in [-0.39, 0.29) is 5.91 Å². The first-order valence-electron chi connectivity index (χ1n) is 7.84. The van der Waals surface area contributed by atoms with Crippen molar-refractivity contribution in [3.8, 4) is 0 Å². The number of hydrogen-bond acceptors (Lipinski definition) is 6. The molecule has 3 rings (SSSR count). The van der Waals surface area contributed by atoms with Gasteiger partial charge in [-0.25, -0.2) is 15.0 Å². The highest BCUT2D eigenvalue weighted by molar-refractivity contribution is 7.14. The Balaban J connectivity index is 1.71. The normalized spacial score (nSPS) is 10.6. The minimum Gasteiger partial charge on any atom is -0.321 e. The quantitative estimate of drug-likeness (QED) is 0.736. The summed E-state index contributed by atoms with van der Waals surface area (Å²) in [5.74, 6) is 0.238. The van der Waals surface area contributed by atoms with Gasteiger partial charge in [0, 0.05) is 22.5 Å². The van der Waals surface area contributed by atoms with Crippen molar-refractivity contribution in [1.29, 1.82) is 0 Å². The number of carbonyl (C=O) groups excluding carboxylic acids is 1. The first-order valence-corrected chi connectivity index (χ1v) is 8.72. The van der Waals surface area contributed by atoms with E-state index < -0.39 is 0 Å². The summed E-state index contributed by atoms with van der Waals surface area (Å²) >= 11 is 1.34. The molecule has 0 unspecified atom stereocenters. The lowest BCUT2D eigenvalue weighted by atomic mass is 10.1. The van der Waals surface area contributed by atoms with Crippen molar-refractivity contribution in [2.24, 2.45) is 0 Å². The summed E-state index contributed by atoms with van der Waals surface area (Å²) in [7, 11) is 0. The minimum absolute atomic E-state index is 0.242. The van der Waals surface area contributed by atoms with Gasteiger partial charge in [-0.1, -0.05) is 6.07 Å². The first kappa shape index (κ1) is 17.0. The van der Waals surface area contributed by atoms with Crippen LogP contribution in [-0.2, 0) is 0 Å². The number of thiazole rings is 1. The summed E-state index contributed by atoms with van der Waals surface area (Å²) in [6, 6.07) is 7.71. The zero-order valence-corrected chi connectivity index (χ0v) is 15.4. The molecule has 0 radical (unpaired) electrons. The highest BCUT2D eigenvalue weighted by Gasteiger charge is 2.12. The molecule has 0 aliphatic carbocycles. The maximum Gasteiger partial charge on any atom is 0.275 e. The number of carbonyl (C=O) groups is 1. The summed E-state index contributed by atoms with van der Waals surface area (Å²) in [5, 5.41) is 8.20. The van der Waals surface area contributed by atoms with Crippen LogP contribution >= 0.6 is 11.3 Å². The molecule has 1 aromatic carbocycles. The van der Waals surface area contributed by atoms with Crippen LogP contribution < -0.4 is 10.6 Å². The van der Waals surface area contributed by atoms with E-state index in [0.717, 1.165) is 22.6 Å². The summed E-state index contributed by atoms with van der Waals surface area (Å²) < 4.78 is 0. The van der Waals surface area contributed by atoms with Crippen molar-refractivity contribution in [3.05, 3.63) is 57.9 Å². The van der Waals surface area contributed by atoms with Crippen LogP contribution in [0, 0.1) is 27.7 Å². The number of benzene rings is 1. The van der Waals surface area contributed by atoms with Crippen molar-refractivity contribution >= 4 is 34.0 Å². The SMILES string of the molecule is Cc1cc(C)nc(Nc2nc(C(=O)Nc3ccc(C)c(C)c3)cs2)n1. The van der Waals surface area contributed by atoms with Gasteiger partial charge in [0.1, 0.15) is 5.69 Å². The molecule has 2 heterocycles. The van der Waals surface area contributed by atoms with Crippen molar-refractivity contribution in [1.82, 2.24) is 15.0 Å². The Morgan fingerprint density at radius 2 is 1.68 bits per heavy atom. The van der Waals surface area contributed by atoms with Crippen LogP contribution in [0.2, 0.25) is 0 Å². The number of aromatic nitrogens is 3. The number of nitrogens with one attached hydrogen (secondary N) is 2. The molecule has 25 heavy (non-hydrogen) atoms. The lowest BCUT2D eigenvalue weighted by Gasteiger charge is -2.06. The molecule has 0 aliphatic heterocycles. The molecule has 0 saturated heterocycles. The van der Waals surface area contributed by atoms with Gasteiger partial charge in [-0.2, -0.15) is 0 Å². The molecule has 7 heteroatoms. The third kappa shape index (κ3) is 4.19. The molecular formula is C18H19N5OS. The zero-order chi connectivity index (χ0) is 18.0. The van der Waals surface area contributed by atoms with Crippen molar-refractivity contribution in [2.75, 3.05) is 10.6 Å². The maximum atomic E-state index is 12.4. The van der Waals surface area contributed by atoms with Crippen molar-refractivity contribution < 1.29 is 4.79 Å². The van der Waals surface area contributed by atoms with Crippen LogP contribution in [0.5, 0.6) is 0 Å². The topological polar surface area (TPSA) is 79.8 Å². The second-order valence-corrected chi connectivity index (χ2v) is 6.75. The Morgan fingerprint density at radius 1 is 0.960 bits per heavy atom. The third-order valence-electron chi connectivity index (χ3n) is 3.70. The van der Waals surface area contributed by atoms with Gasteiger partial charge in [0.2, 0.25) is 5.95 Å². The second-order valence-electron chi connectivity index (χ2n) is 5.89. The fourth-order valence-electron chi connectivity index (χ4n) is 2.33. The van der Waals surface area contributed by atoms with Crippen LogP contribution in [0.1, 0.15) is 33.0 Å². The van der Waals surface area contributed by atoms with Gasteiger partial charge in [0.05, 0.1) is 0 Å². The molecule has 0 bridgehead atoms. The molecule has 0 atom stereocenters. The standard InChI is InChI=1S/C18H19N5OS/c1-10-5-6-14(7-11(10)2)21-16(24)15-9-25-18(22-15)23-17-19-12(3)8-13(4)20-17/h5-9H,1-4H3,(H,21,24)(H,19,20,22,23). The average molecular weight is 353 g/mol. The van der Waals surface area contributed by atoms with Gasteiger partial charge in [-0.05, 0) is 57.0 Å². The maximum absolute atomic E-state index is 12.4. The van der Waals surface area contributed by atoms with E-state index >= 15 is 0 Å². The predicted octanol–water partition coefficient (Wildman–Crippen LogP) is 4.16. The zero-order valence-electron chi connectivity index (χ0n) is 14.5. The Kier molecular flexibility index (Phi) is 4.76. The Hall–Kier alpha value is -2.80. The van der Waals surface area contributed by atoms with E-state index in [4.69, 9.17) is 0 Å². The molecule has 0 aliphatic rings. The van der Waals surface area contributed by atoms with E-state index in [1.807, 2.05) is 52.0 Å². The predicted molar refractivity (Wildman–Crippen MR) is 101 cm³/mol. The highest BCUT2D eigenvalue weighted by atomic mass is 32.1. The second kappa shape index (κ2) is 6.98. The third-order valence-corrected chi connectivity index (χ3v) is 4.46. The number of nitrogens with zero attached hydrogens (tertiary/aromatic N) is 3. The van der Waals surface area contributed by atoms with Crippen molar-refractivity contribution in [3.63, 3.8) is 0 Å². The summed E-state index contributed by atoms with van der Waals surface area (Å²) in [6.07, 6.45) is 0. The molecule has 3 aromatic rings. The van der Waals surface area contributed by atoms with Gasteiger partial charge in [-0.15, -0.1) is 11.3 Å². The van der Waals surface area contributed by atoms with Gasteiger partial charge in [0.15, 0.2) is 5.13 Å². The average Bonchev–Trinajstić information content (AvgIpc) is 2.98. The smallest absolute Gasteiger partial charge is 0.275 e. The lowest BCUT2D eigenvalue weighted by molar-refractivity contribution is 0.102. The number of aryl methyl sites for hydroxylation is 4. The largest absolute Gasteiger partial charge is 0.321 e. The molecule has 0 fully saturated rings. The van der Waals surface area contributed by atoms with Gasteiger partial charge in [0.25, 0.3) is 5.91 Å². The number of rotatable bonds is 4. The van der Waals surface area contributed by atoms with E-state index in [1.54, 1.807) is 5.38 Å². The summed E-state index contributed by atoms with van der Waals surface area (Å²) in [5.41, 5.74) is 5.18. The minimum atomic E-state index is -0.242. The molecule has 0 saturated carbocycles. The Labute approximate surface area is 150 Å². The Bertz CT molecular complexity index is 915. The molecule has 6 nitrogen and oxygen atoms in total. The van der Waals surface area contributed by atoms with Crippen LogP contribution in [0.25, 0.3) is 0 Å². The van der Waals surface area contributed by atoms with Crippen LogP contribution in [0.15, 0.2) is 29.6 Å². The lowest BCUT2D eigenvalue weighted by Crippen LogP contribution is -2.12. The van der Waals surface area contributed by atoms with E-state index in [0.29, 0.717) is 16.8 Å². The fourth-order valence-corrected chi connectivity index (χ4v) is 3.01. The van der Waals surface area contributed by atoms with E-state index in [1.165, 1.54) is 16.9 Å². The fraction of sp³-hybridized carbons (Fsp3) is 0.222. The van der Waals surface area contributed by atoms with Crippen LogP contribution in [-0.4, -0.2) is 20.9 Å². The summed E-state index contributed by atoms with van der Waals surface area (Å²) in [4.78, 5) is 25.3. The molecule has 2 N–H and O–H groups in total. The summed E-state index contributed by atoms with van der Waals surface area (Å²) in [6.45, 7) is 7.86. The van der Waals surface area contributed by atoms with Crippen molar-refractivity contribution in [2.45, 2.75) is 27.7 Å². The highest BCUT2D eigenvalue weighted by Crippen LogP contribution is 2.21. The van der Waals surface area contributed by atoms with Gasteiger partial charge in [-0.3, -0.25) is 4.79 Å². The van der Waals surface area contributed by atoms with Gasteiger partial charge >= 0.3 is 0 Å². The molecule has 128 valence electrons. The Morgan fingerprint density at radius 3 is 2.36 bits per heavy atom. The van der Waals surface area contributed by atoms with Crippen LogP contribution in [0.4, 0.5) is 16.8 Å². The molecule has 1 amide bonds. The first-order chi connectivity index (χ1) is 11.9. The van der Waals surface area contributed by atoms with Crippen LogP contribution in [0.3, 0.4) is 0 Å².